The SMILES string of the molecule is Cc1ccc(Cn2cc([C@@H]3CC(O)(c4ccc(C(F)(F)F)cc4)C[C@H](C)N3)nn2)nc1. The van der Waals surface area contributed by atoms with Gasteiger partial charge in [0.25, 0.3) is 0 Å². The van der Waals surface area contributed by atoms with Crippen LogP contribution in [0, 0.1) is 6.92 Å². The fraction of sp³-hybridized carbons (Fsp3) is 0.409. The van der Waals surface area contributed by atoms with Gasteiger partial charge in [-0.3, -0.25) is 4.98 Å². The fourth-order valence-corrected chi connectivity index (χ4v) is 4.09. The maximum absolute atomic E-state index is 12.9. The standard InChI is InChI=1S/C22H24F3N5O/c1-14-3-8-18(26-11-14)12-30-13-20(28-29-30)19-10-21(31,9-15(2)27-19)16-4-6-17(7-5-16)22(23,24)25/h3-8,11,13,15,19,27,31H,9-10,12H2,1-2H3/t15-,19-,21?/m0/s1. The summed E-state index contributed by atoms with van der Waals surface area (Å²) in [6, 6.07) is 8.32. The Morgan fingerprint density at radius 1 is 1.16 bits per heavy atom. The van der Waals surface area contributed by atoms with E-state index < -0.39 is 17.3 Å². The van der Waals surface area contributed by atoms with E-state index in [0.29, 0.717) is 24.2 Å². The van der Waals surface area contributed by atoms with Gasteiger partial charge in [-0.1, -0.05) is 23.4 Å². The molecule has 2 aromatic heterocycles. The number of hydrogen-bond acceptors (Lipinski definition) is 5. The largest absolute Gasteiger partial charge is 0.416 e. The minimum absolute atomic E-state index is 0.0602. The summed E-state index contributed by atoms with van der Waals surface area (Å²) >= 11 is 0. The Kier molecular flexibility index (Phi) is 5.57. The average Bonchev–Trinajstić information content (AvgIpc) is 3.17. The van der Waals surface area contributed by atoms with Crippen molar-refractivity contribution in [3.8, 4) is 0 Å². The summed E-state index contributed by atoms with van der Waals surface area (Å²) in [6.45, 7) is 4.37. The van der Waals surface area contributed by atoms with Crippen LogP contribution in [-0.4, -0.2) is 31.1 Å². The number of aryl methyl sites for hydroxylation is 1. The van der Waals surface area contributed by atoms with E-state index in [1.165, 1.54) is 12.1 Å². The molecule has 2 N–H and O–H groups in total. The van der Waals surface area contributed by atoms with Gasteiger partial charge in [0.2, 0.25) is 0 Å². The lowest BCUT2D eigenvalue weighted by molar-refractivity contribution is -0.137. The zero-order valence-corrected chi connectivity index (χ0v) is 17.3. The Balaban J connectivity index is 1.52. The van der Waals surface area contributed by atoms with Crippen LogP contribution in [0.1, 0.15) is 53.9 Å². The maximum atomic E-state index is 12.9. The first-order valence-corrected chi connectivity index (χ1v) is 10.1. The normalized spacial score (nSPS) is 24.3. The highest BCUT2D eigenvalue weighted by atomic mass is 19.4. The summed E-state index contributed by atoms with van der Waals surface area (Å²) < 4.78 is 40.3. The van der Waals surface area contributed by atoms with Crippen LogP contribution >= 0.6 is 0 Å². The topological polar surface area (TPSA) is 75.9 Å². The van der Waals surface area contributed by atoms with E-state index in [1.807, 2.05) is 32.2 Å². The van der Waals surface area contributed by atoms with Crippen LogP contribution in [0.3, 0.4) is 0 Å². The fourth-order valence-electron chi connectivity index (χ4n) is 4.09. The molecule has 4 rings (SSSR count). The van der Waals surface area contributed by atoms with E-state index >= 15 is 0 Å². The molecule has 164 valence electrons. The maximum Gasteiger partial charge on any atom is 0.416 e. The lowest BCUT2D eigenvalue weighted by atomic mass is 9.78. The first kappa shape index (κ1) is 21.5. The van der Waals surface area contributed by atoms with E-state index in [4.69, 9.17) is 0 Å². The summed E-state index contributed by atoms with van der Waals surface area (Å²) in [7, 11) is 0. The lowest BCUT2D eigenvalue weighted by Crippen LogP contribution is -2.47. The predicted octanol–water partition coefficient (Wildman–Crippen LogP) is 3.75. The summed E-state index contributed by atoms with van der Waals surface area (Å²) in [5.41, 5.74) is 1.08. The molecule has 1 aliphatic heterocycles. The van der Waals surface area contributed by atoms with E-state index in [1.54, 1.807) is 10.9 Å². The van der Waals surface area contributed by atoms with Crippen molar-refractivity contribution in [1.82, 2.24) is 25.3 Å². The molecule has 9 heteroatoms. The van der Waals surface area contributed by atoms with E-state index in [9.17, 15) is 18.3 Å². The molecule has 0 amide bonds. The number of hydrogen-bond donors (Lipinski definition) is 2. The highest BCUT2D eigenvalue weighted by Crippen LogP contribution is 2.40. The first-order valence-electron chi connectivity index (χ1n) is 10.1. The Morgan fingerprint density at radius 2 is 1.90 bits per heavy atom. The third-order valence-electron chi connectivity index (χ3n) is 5.63. The molecule has 3 heterocycles. The van der Waals surface area contributed by atoms with Crippen molar-refractivity contribution in [1.29, 1.82) is 0 Å². The molecule has 1 saturated heterocycles. The average molecular weight is 431 g/mol. The Labute approximate surface area is 178 Å². The van der Waals surface area contributed by atoms with Crippen LogP contribution in [0.15, 0.2) is 48.8 Å². The molecule has 6 nitrogen and oxygen atoms in total. The van der Waals surface area contributed by atoms with Crippen molar-refractivity contribution in [3.05, 3.63) is 76.9 Å². The van der Waals surface area contributed by atoms with Gasteiger partial charge in [-0.2, -0.15) is 13.2 Å². The van der Waals surface area contributed by atoms with Crippen LogP contribution in [0.5, 0.6) is 0 Å². The number of aliphatic hydroxyl groups is 1. The van der Waals surface area contributed by atoms with Gasteiger partial charge >= 0.3 is 6.18 Å². The van der Waals surface area contributed by atoms with Gasteiger partial charge < -0.3 is 10.4 Å². The molecule has 3 aromatic rings. The van der Waals surface area contributed by atoms with Gasteiger partial charge in [0, 0.05) is 18.7 Å². The van der Waals surface area contributed by atoms with E-state index in [0.717, 1.165) is 23.4 Å². The highest BCUT2D eigenvalue weighted by molar-refractivity contribution is 5.30. The van der Waals surface area contributed by atoms with Gasteiger partial charge in [-0.25, -0.2) is 4.68 Å². The van der Waals surface area contributed by atoms with Gasteiger partial charge in [-0.15, -0.1) is 5.10 Å². The van der Waals surface area contributed by atoms with Crippen LogP contribution in [0.2, 0.25) is 0 Å². The van der Waals surface area contributed by atoms with Crippen molar-refractivity contribution in [2.24, 2.45) is 0 Å². The number of benzene rings is 1. The quantitative estimate of drug-likeness (QED) is 0.658. The Morgan fingerprint density at radius 3 is 2.55 bits per heavy atom. The summed E-state index contributed by atoms with van der Waals surface area (Å²) in [5, 5.41) is 23.2. The van der Waals surface area contributed by atoms with Crippen molar-refractivity contribution < 1.29 is 18.3 Å². The zero-order valence-electron chi connectivity index (χ0n) is 17.3. The third-order valence-corrected chi connectivity index (χ3v) is 5.63. The summed E-state index contributed by atoms with van der Waals surface area (Å²) in [4.78, 5) is 4.37. The number of nitrogens with one attached hydrogen (secondary N) is 1. The van der Waals surface area contributed by atoms with Crippen LogP contribution in [0.4, 0.5) is 13.2 Å². The number of pyridine rings is 1. The zero-order chi connectivity index (χ0) is 22.2. The molecule has 0 spiro atoms. The molecule has 1 aliphatic rings. The van der Waals surface area contributed by atoms with Gasteiger partial charge in [-0.05, 0) is 49.6 Å². The van der Waals surface area contributed by atoms with Gasteiger partial charge in [0.1, 0.15) is 0 Å². The third kappa shape index (κ3) is 4.77. The number of piperidine rings is 1. The minimum atomic E-state index is -4.41. The second-order valence-corrected chi connectivity index (χ2v) is 8.30. The highest BCUT2D eigenvalue weighted by Gasteiger charge is 2.41. The molecule has 31 heavy (non-hydrogen) atoms. The molecule has 3 atom stereocenters. The minimum Gasteiger partial charge on any atom is -0.385 e. The number of nitrogens with zero attached hydrogens (tertiary/aromatic N) is 4. The van der Waals surface area contributed by atoms with Gasteiger partial charge in [0.15, 0.2) is 0 Å². The predicted molar refractivity (Wildman–Crippen MR) is 108 cm³/mol. The number of halogens is 3. The Bertz CT molecular complexity index is 1030. The van der Waals surface area contributed by atoms with Crippen LogP contribution < -0.4 is 5.32 Å². The molecule has 1 aromatic carbocycles. The molecule has 1 fully saturated rings. The van der Waals surface area contributed by atoms with E-state index in [2.05, 4.69) is 20.6 Å². The second kappa shape index (κ2) is 8.05. The van der Waals surface area contributed by atoms with Crippen molar-refractivity contribution in [2.45, 2.75) is 57.1 Å². The molecule has 0 saturated carbocycles. The summed E-state index contributed by atoms with van der Waals surface area (Å²) in [5.74, 6) is 0. The monoisotopic (exact) mass is 431 g/mol. The molecule has 0 radical (unpaired) electrons. The van der Waals surface area contributed by atoms with Crippen LogP contribution in [-0.2, 0) is 18.3 Å². The molecule has 0 bridgehead atoms. The van der Waals surface area contributed by atoms with Crippen molar-refractivity contribution >= 4 is 0 Å². The molecular weight excluding hydrogens is 407 g/mol. The van der Waals surface area contributed by atoms with Crippen molar-refractivity contribution in [2.75, 3.05) is 0 Å². The first-order chi connectivity index (χ1) is 14.6. The number of aromatic nitrogens is 4. The number of alkyl halides is 3. The second-order valence-electron chi connectivity index (χ2n) is 8.30. The van der Waals surface area contributed by atoms with Gasteiger partial charge in [0.05, 0.1) is 41.3 Å². The van der Waals surface area contributed by atoms with E-state index in [-0.39, 0.29) is 18.5 Å². The summed E-state index contributed by atoms with van der Waals surface area (Å²) in [6.07, 6.45) is -0.136. The molecule has 1 unspecified atom stereocenters. The van der Waals surface area contributed by atoms with Crippen LogP contribution in [0.25, 0.3) is 0 Å². The molecular formula is C22H24F3N5O. The number of rotatable bonds is 4. The lowest BCUT2D eigenvalue weighted by Gasteiger charge is -2.40. The smallest absolute Gasteiger partial charge is 0.385 e. The molecule has 0 aliphatic carbocycles. The van der Waals surface area contributed by atoms with Crippen molar-refractivity contribution in [3.63, 3.8) is 0 Å². The Hall–Kier alpha value is -2.78.